The van der Waals surface area contributed by atoms with Gasteiger partial charge in [-0.25, -0.2) is 9.37 Å². The highest BCUT2D eigenvalue weighted by Crippen LogP contribution is 2.30. The summed E-state index contributed by atoms with van der Waals surface area (Å²) in [4.78, 5) is 16.4. The van der Waals surface area contributed by atoms with Crippen LogP contribution < -0.4 is 11.1 Å². The number of carbonyl (C=O) groups excluding carboxylic acids is 1. The van der Waals surface area contributed by atoms with Crippen LogP contribution in [0.1, 0.15) is 35.7 Å². The van der Waals surface area contributed by atoms with Gasteiger partial charge in [-0.05, 0) is 37.5 Å². The first kappa shape index (κ1) is 13.6. The molecule has 0 radical (unpaired) electrons. The minimum atomic E-state index is -0.466. The molecule has 21 heavy (non-hydrogen) atoms. The van der Waals surface area contributed by atoms with Gasteiger partial charge in [0.2, 0.25) is 0 Å². The highest BCUT2D eigenvalue weighted by Gasteiger charge is 2.30. The van der Waals surface area contributed by atoms with Crippen molar-refractivity contribution in [2.45, 2.75) is 31.3 Å². The third-order valence-electron chi connectivity index (χ3n) is 3.96. The number of rotatable bonds is 3. The summed E-state index contributed by atoms with van der Waals surface area (Å²) in [6, 6.07) is 4.02. The van der Waals surface area contributed by atoms with Crippen molar-refractivity contribution >= 4 is 11.6 Å². The van der Waals surface area contributed by atoms with E-state index in [0.29, 0.717) is 0 Å². The molecule has 0 bridgehead atoms. The van der Waals surface area contributed by atoms with Gasteiger partial charge in [-0.3, -0.25) is 4.79 Å². The topological polar surface area (TPSA) is 72.9 Å². The van der Waals surface area contributed by atoms with E-state index >= 15 is 0 Å². The summed E-state index contributed by atoms with van der Waals surface area (Å²) in [5, 5.41) is 2.97. The van der Waals surface area contributed by atoms with Gasteiger partial charge in [0.1, 0.15) is 5.82 Å². The number of nitrogens with one attached hydrogen (secondary N) is 1. The number of benzene rings is 1. The number of nitrogen functional groups attached to an aromatic ring is 1. The van der Waals surface area contributed by atoms with Crippen molar-refractivity contribution in [3.63, 3.8) is 0 Å². The van der Waals surface area contributed by atoms with Gasteiger partial charge in [0.15, 0.2) is 0 Å². The molecule has 0 spiro atoms. The fourth-order valence-electron chi connectivity index (χ4n) is 2.90. The van der Waals surface area contributed by atoms with Crippen molar-refractivity contribution < 1.29 is 9.18 Å². The van der Waals surface area contributed by atoms with Gasteiger partial charge in [0, 0.05) is 24.1 Å². The summed E-state index contributed by atoms with van der Waals surface area (Å²) in [5.41, 5.74) is 6.22. The Balaban J connectivity index is 1.76. The lowest BCUT2D eigenvalue weighted by molar-refractivity contribution is 0.0929. The number of halogens is 1. The minimum absolute atomic E-state index is 0.00867. The Morgan fingerprint density at radius 3 is 3.05 bits per heavy atom. The lowest BCUT2D eigenvalue weighted by Gasteiger charge is -2.22. The van der Waals surface area contributed by atoms with Crippen LogP contribution in [-0.4, -0.2) is 21.5 Å². The molecule has 0 aliphatic heterocycles. The standard InChI is InChI=1S/C15H17FN4O/c16-10-4-5-12(17)11(8-10)15(21)19-13-2-1-3-14(13)20-7-6-18-9-20/h4-9,13-14H,1-3,17H2,(H,19,21). The Bertz CT molecular complexity index is 641. The summed E-state index contributed by atoms with van der Waals surface area (Å²) in [6.07, 6.45) is 8.29. The molecule has 1 aliphatic rings. The Kier molecular flexibility index (Phi) is 3.60. The quantitative estimate of drug-likeness (QED) is 0.850. The maximum atomic E-state index is 13.3. The summed E-state index contributed by atoms with van der Waals surface area (Å²) >= 11 is 0. The third-order valence-corrected chi connectivity index (χ3v) is 3.96. The number of amides is 1. The van der Waals surface area contributed by atoms with Crippen molar-refractivity contribution in [1.82, 2.24) is 14.9 Å². The SMILES string of the molecule is Nc1ccc(F)cc1C(=O)NC1CCCC1n1ccnc1. The van der Waals surface area contributed by atoms with Crippen LogP contribution in [0.2, 0.25) is 0 Å². The van der Waals surface area contributed by atoms with Gasteiger partial charge in [0.05, 0.1) is 17.9 Å². The van der Waals surface area contributed by atoms with E-state index < -0.39 is 5.82 Å². The molecule has 1 heterocycles. The van der Waals surface area contributed by atoms with Crippen LogP contribution >= 0.6 is 0 Å². The molecule has 3 rings (SSSR count). The molecule has 1 saturated carbocycles. The van der Waals surface area contributed by atoms with Crippen LogP contribution in [-0.2, 0) is 0 Å². The molecule has 1 amide bonds. The molecule has 1 aromatic carbocycles. The number of hydrogen-bond acceptors (Lipinski definition) is 3. The number of nitrogens with zero attached hydrogens (tertiary/aromatic N) is 2. The molecule has 2 aromatic rings. The zero-order valence-electron chi connectivity index (χ0n) is 11.5. The summed E-state index contributed by atoms with van der Waals surface area (Å²) in [5.74, 6) is -0.795. The number of carbonyl (C=O) groups is 1. The zero-order valence-corrected chi connectivity index (χ0v) is 11.5. The number of anilines is 1. The maximum absolute atomic E-state index is 13.3. The molecule has 1 aliphatic carbocycles. The van der Waals surface area contributed by atoms with E-state index in [1.165, 1.54) is 18.2 Å². The Hall–Kier alpha value is -2.37. The van der Waals surface area contributed by atoms with Crippen LogP contribution in [0.25, 0.3) is 0 Å². The second-order valence-corrected chi connectivity index (χ2v) is 5.32. The smallest absolute Gasteiger partial charge is 0.253 e. The maximum Gasteiger partial charge on any atom is 0.253 e. The first-order valence-electron chi connectivity index (χ1n) is 6.98. The summed E-state index contributed by atoms with van der Waals surface area (Å²) < 4.78 is 15.3. The average Bonchev–Trinajstić information content (AvgIpc) is 3.11. The lowest BCUT2D eigenvalue weighted by Crippen LogP contribution is -2.38. The third kappa shape index (κ3) is 2.74. The van der Waals surface area contributed by atoms with E-state index in [0.717, 1.165) is 19.3 Å². The molecule has 110 valence electrons. The molecular formula is C15H17FN4O. The lowest BCUT2D eigenvalue weighted by atomic mass is 10.1. The normalized spacial score (nSPS) is 21.4. The molecule has 0 saturated heterocycles. The first-order chi connectivity index (χ1) is 10.1. The zero-order chi connectivity index (χ0) is 14.8. The molecule has 5 nitrogen and oxygen atoms in total. The second-order valence-electron chi connectivity index (χ2n) is 5.32. The van der Waals surface area contributed by atoms with Crippen molar-refractivity contribution in [1.29, 1.82) is 0 Å². The van der Waals surface area contributed by atoms with Crippen molar-refractivity contribution in [3.05, 3.63) is 48.3 Å². The van der Waals surface area contributed by atoms with Crippen molar-refractivity contribution in [2.75, 3.05) is 5.73 Å². The number of nitrogens with two attached hydrogens (primary N) is 1. The Morgan fingerprint density at radius 2 is 2.29 bits per heavy atom. The molecule has 2 atom stereocenters. The predicted molar refractivity (Wildman–Crippen MR) is 77.2 cm³/mol. The van der Waals surface area contributed by atoms with Gasteiger partial charge >= 0.3 is 0 Å². The minimum Gasteiger partial charge on any atom is -0.398 e. The van der Waals surface area contributed by atoms with Crippen molar-refractivity contribution in [3.8, 4) is 0 Å². The fourth-order valence-corrected chi connectivity index (χ4v) is 2.90. The molecule has 3 N–H and O–H groups in total. The predicted octanol–water partition coefficient (Wildman–Crippen LogP) is 2.13. The average molecular weight is 288 g/mol. The highest BCUT2D eigenvalue weighted by atomic mass is 19.1. The molecule has 1 aromatic heterocycles. The van der Waals surface area contributed by atoms with Gasteiger partial charge in [0.25, 0.3) is 5.91 Å². The molecule has 1 fully saturated rings. The molecular weight excluding hydrogens is 271 g/mol. The van der Waals surface area contributed by atoms with E-state index in [2.05, 4.69) is 10.3 Å². The van der Waals surface area contributed by atoms with Crippen molar-refractivity contribution in [2.24, 2.45) is 0 Å². The van der Waals surface area contributed by atoms with Gasteiger partial charge in [-0.1, -0.05) is 0 Å². The van der Waals surface area contributed by atoms with E-state index in [9.17, 15) is 9.18 Å². The van der Waals surface area contributed by atoms with Crippen LogP contribution in [0, 0.1) is 5.82 Å². The van der Waals surface area contributed by atoms with Gasteiger partial charge in [-0.15, -0.1) is 0 Å². The van der Waals surface area contributed by atoms with Gasteiger partial charge < -0.3 is 15.6 Å². The van der Waals surface area contributed by atoms with E-state index in [1.54, 1.807) is 12.5 Å². The largest absolute Gasteiger partial charge is 0.398 e. The number of imidazole rings is 1. The first-order valence-corrected chi connectivity index (χ1v) is 6.98. The summed E-state index contributed by atoms with van der Waals surface area (Å²) in [7, 11) is 0. The summed E-state index contributed by atoms with van der Waals surface area (Å²) in [6.45, 7) is 0. The Morgan fingerprint density at radius 1 is 1.43 bits per heavy atom. The Labute approximate surface area is 122 Å². The van der Waals surface area contributed by atoms with Crippen LogP contribution in [0.4, 0.5) is 10.1 Å². The van der Waals surface area contributed by atoms with Crippen LogP contribution in [0.5, 0.6) is 0 Å². The van der Waals surface area contributed by atoms with Gasteiger partial charge in [-0.2, -0.15) is 0 Å². The van der Waals surface area contributed by atoms with Crippen LogP contribution in [0.15, 0.2) is 36.9 Å². The van der Waals surface area contributed by atoms with E-state index in [4.69, 9.17) is 5.73 Å². The van der Waals surface area contributed by atoms with E-state index in [1.807, 2.05) is 10.8 Å². The fraction of sp³-hybridized carbons (Fsp3) is 0.333. The highest BCUT2D eigenvalue weighted by molar-refractivity contribution is 5.99. The number of hydrogen-bond donors (Lipinski definition) is 2. The monoisotopic (exact) mass is 288 g/mol. The number of aromatic nitrogens is 2. The molecule has 2 unspecified atom stereocenters. The molecule has 6 heteroatoms. The second kappa shape index (κ2) is 5.55. The van der Waals surface area contributed by atoms with Crippen LogP contribution in [0.3, 0.4) is 0 Å². The van der Waals surface area contributed by atoms with E-state index in [-0.39, 0.29) is 29.2 Å².